The maximum atomic E-state index is 11.8. The lowest BCUT2D eigenvalue weighted by molar-refractivity contribution is 0.164. The molecule has 0 saturated heterocycles. The van der Waals surface area contributed by atoms with E-state index in [1.165, 1.54) is 19.1 Å². The van der Waals surface area contributed by atoms with Crippen LogP contribution in [0.15, 0.2) is 29.2 Å². The summed E-state index contributed by atoms with van der Waals surface area (Å²) in [4.78, 5) is 0.190. The number of aliphatic hydroxyl groups is 1. The van der Waals surface area contributed by atoms with Crippen LogP contribution in [0.3, 0.4) is 0 Å². The van der Waals surface area contributed by atoms with Gasteiger partial charge in [0.25, 0.3) is 0 Å². The summed E-state index contributed by atoms with van der Waals surface area (Å²) < 4.78 is 27.0. The van der Waals surface area contributed by atoms with Gasteiger partial charge in [0.1, 0.15) is 0 Å². The van der Waals surface area contributed by atoms with Gasteiger partial charge in [-0.3, -0.25) is 0 Å². The second kappa shape index (κ2) is 6.10. The fraction of sp³-hybridized carbons (Fsp3) is 0.400. The van der Waals surface area contributed by atoms with Gasteiger partial charge in [0, 0.05) is 16.2 Å². The maximum Gasteiger partial charge on any atom is 0.240 e. The maximum absolute atomic E-state index is 11.8. The minimum absolute atomic E-state index is 0.00594. The average Bonchev–Trinajstić information content (AvgIpc) is 2.26. The van der Waals surface area contributed by atoms with E-state index in [0.717, 1.165) is 3.57 Å². The van der Waals surface area contributed by atoms with Gasteiger partial charge in [-0.25, -0.2) is 13.1 Å². The fourth-order valence-corrected chi connectivity index (χ4v) is 2.51. The SMILES string of the molecule is CC(O)C(N)CNS(=O)(=O)c1ccc(I)cc1. The monoisotopic (exact) mass is 370 g/mol. The molecule has 0 bridgehead atoms. The van der Waals surface area contributed by atoms with Crippen LogP contribution in [0.5, 0.6) is 0 Å². The van der Waals surface area contributed by atoms with Crippen LogP contribution >= 0.6 is 22.6 Å². The van der Waals surface area contributed by atoms with Crippen LogP contribution in [-0.4, -0.2) is 32.2 Å². The molecule has 96 valence electrons. The molecule has 2 atom stereocenters. The number of hydrogen-bond acceptors (Lipinski definition) is 4. The molecule has 0 fully saturated rings. The van der Waals surface area contributed by atoms with Crippen molar-refractivity contribution in [2.45, 2.75) is 24.0 Å². The summed E-state index contributed by atoms with van der Waals surface area (Å²) in [5.41, 5.74) is 5.55. The molecule has 0 spiro atoms. The summed E-state index contributed by atoms with van der Waals surface area (Å²) in [6, 6.07) is 5.86. The first kappa shape index (κ1) is 14.8. The van der Waals surface area contributed by atoms with Crippen molar-refractivity contribution in [3.63, 3.8) is 0 Å². The molecule has 0 heterocycles. The van der Waals surface area contributed by atoms with Crippen molar-refractivity contribution < 1.29 is 13.5 Å². The molecule has 1 aromatic rings. The average molecular weight is 370 g/mol. The van der Waals surface area contributed by atoms with Crippen molar-refractivity contribution >= 4 is 32.6 Å². The predicted octanol–water partition coefficient (Wildman–Crippen LogP) is 0.278. The summed E-state index contributed by atoms with van der Waals surface area (Å²) in [5.74, 6) is 0. The Hall–Kier alpha value is -0.220. The molecule has 5 nitrogen and oxygen atoms in total. The minimum Gasteiger partial charge on any atom is -0.392 e. The molecule has 1 rings (SSSR count). The van der Waals surface area contributed by atoms with E-state index in [1.807, 2.05) is 0 Å². The molecule has 17 heavy (non-hydrogen) atoms. The number of aliphatic hydroxyl groups excluding tert-OH is 1. The topological polar surface area (TPSA) is 92.4 Å². The number of halogens is 1. The quantitative estimate of drug-likeness (QED) is 0.650. The van der Waals surface area contributed by atoms with E-state index in [0.29, 0.717) is 0 Å². The second-order valence-corrected chi connectivity index (χ2v) is 6.72. The Bertz CT molecular complexity index is 459. The molecule has 2 unspecified atom stereocenters. The predicted molar refractivity (Wildman–Crippen MR) is 74.0 cm³/mol. The Morgan fingerprint density at radius 3 is 2.41 bits per heavy atom. The highest BCUT2D eigenvalue weighted by molar-refractivity contribution is 14.1. The highest BCUT2D eigenvalue weighted by atomic mass is 127. The van der Waals surface area contributed by atoms with E-state index in [9.17, 15) is 8.42 Å². The van der Waals surface area contributed by atoms with Gasteiger partial charge in [-0.2, -0.15) is 0 Å². The van der Waals surface area contributed by atoms with Crippen LogP contribution in [0.2, 0.25) is 0 Å². The first-order valence-corrected chi connectivity index (χ1v) is 7.58. The Morgan fingerprint density at radius 2 is 1.94 bits per heavy atom. The van der Waals surface area contributed by atoms with Gasteiger partial charge in [-0.15, -0.1) is 0 Å². The standard InChI is InChI=1S/C10H15IN2O3S/c1-7(14)10(12)6-13-17(15,16)9-4-2-8(11)3-5-9/h2-5,7,10,13-14H,6,12H2,1H3. The minimum atomic E-state index is -3.55. The zero-order chi connectivity index (χ0) is 13.1. The van der Waals surface area contributed by atoms with E-state index >= 15 is 0 Å². The third-order valence-corrected chi connectivity index (χ3v) is 4.41. The van der Waals surface area contributed by atoms with Crippen molar-refractivity contribution in [2.24, 2.45) is 5.73 Å². The van der Waals surface area contributed by atoms with E-state index in [2.05, 4.69) is 27.3 Å². The van der Waals surface area contributed by atoms with E-state index < -0.39 is 22.2 Å². The number of nitrogens with one attached hydrogen (secondary N) is 1. The second-order valence-electron chi connectivity index (χ2n) is 3.71. The van der Waals surface area contributed by atoms with Gasteiger partial charge in [0.2, 0.25) is 10.0 Å². The number of hydrogen-bond donors (Lipinski definition) is 3. The smallest absolute Gasteiger partial charge is 0.240 e. The summed E-state index contributed by atoms with van der Waals surface area (Å²) in [6.45, 7) is 1.52. The normalized spacial score (nSPS) is 15.5. The molecule has 0 saturated carbocycles. The van der Waals surface area contributed by atoms with Crippen LogP contribution in [0, 0.1) is 3.57 Å². The Balaban J connectivity index is 2.72. The van der Waals surface area contributed by atoms with Crippen molar-refractivity contribution in [1.29, 1.82) is 0 Å². The van der Waals surface area contributed by atoms with E-state index in [1.54, 1.807) is 12.1 Å². The van der Waals surface area contributed by atoms with Crippen LogP contribution < -0.4 is 10.5 Å². The van der Waals surface area contributed by atoms with Crippen LogP contribution in [0.4, 0.5) is 0 Å². The number of sulfonamides is 1. The lowest BCUT2D eigenvalue weighted by atomic mass is 10.2. The van der Waals surface area contributed by atoms with Gasteiger partial charge in [0.15, 0.2) is 0 Å². The van der Waals surface area contributed by atoms with Gasteiger partial charge < -0.3 is 10.8 Å². The Labute approximate surface area is 115 Å². The number of rotatable bonds is 5. The van der Waals surface area contributed by atoms with Gasteiger partial charge in [-0.1, -0.05) is 0 Å². The molecule has 7 heteroatoms. The van der Waals surface area contributed by atoms with E-state index in [-0.39, 0.29) is 11.4 Å². The molecule has 0 aliphatic carbocycles. The van der Waals surface area contributed by atoms with E-state index in [4.69, 9.17) is 10.8 Å². The number of benzene rings is 1. The van der Waals surface area contributed by atoms with Crippen LogP contribution in [0.25, 0.3) is 0 Å². The number of nitrogens with two attached hydrogens (primary N) is 1. The molecule has 0 radical (unpaired) electrons. The summed E-state index contributed by atoms with van der Waals surface area (Å²) in [5, 5.41) is 9.16. The lowest BCUT2D eigenvalue weighted by Gasteiger charge is -2.15. The molecule has 0 aromatic heterocycles. The first-order valence-electron chi connectivity index (χ1n) is 5.02. The first-order chi connectivity index (χ1) is 7.83. The zero-order valence-electron chi connectivity index (χ0n) is 9.30. The van der Waals surface area contributed by atoms with Crippen LogP contribution in [0.1, 0.15) is 6.92 Å². The highest BCUT2D eigenvalue weighted by Gasteiger charge is 2.16. The van der Waals surface area contributed by atoms with Crippen molar-refractivity contribution in [3.8, 4) is 0 Å². The third-order valence-electron chi connectivity index (χ3n) is 2.25. The van der Waals surface area contributed by atoms with Gasteiger partial charge in [0.05, 0.1) is 11.0 Å². The van der Waals surface area contributed by atoms with Crippen molar-refractivity contribution in [3.05, 3.63) is 27.8 Å². The molecule has 0 aliphatic rings. The summed E-state index contributed by atoms with van der Waals surface area (Å²) >= 11 is 2.10. The molecule has 4 N–H and O–H groups in total. The third kappa shape index (κ3) is 4.51. The van der Waals surface area contributed by atoms with Crippen molar-refractivity contribution in [1.82, 2.24) is 4.72 Å². The summed E-state index contributed by atoms with van der Waals surface area (Å²) in [6.07, 6.45) is -0.755. The van der Waals surface area contributed by atoms with Crippen molar-refractivity contribution in [2.75, 3.05) is 6.54 Å². The lowest BCUT2D eigenvalue weighted by Crippen LogP contribution is -2.43. The molecular formula is C10H15IN2O3S. The molecule has 1 aromatic carbocycles. The molecular weight excluding hydrogens is 355 g/mol. The van der Waals surface area contributed by atoms with Crippen LogP contribution in [-0.2, 0) is 10.0 Å². The Morgan fingerprint density at radius 1 is 1.41 bits per heavy atom. The fourth-order valence-electron chi connectivity index (χ4n) is 1.07. The molecule has 0 aliphatic heterocycles. The Kier molecular flexibility index (Phi) is 5.32. The van der Waals surface area contributed by atoms with Gasteiger partial charge >= 0.3 is 0 Å². The zero-order valence-corrected chi connectivity index (χ0v) is 12.3. The molecule has 0 amide bonds. The largest absolute Gasteiger partial charge is 0.392 e. The summed E-state index contributed by atoms with van der Waals surface area (Å²) in [7, 11) is -3.55. The van der Waals surface area contributed by atoms with Gasteiger partial charge in [-0.05, 0) is 53.8 Å². The highest BCUT2D eigenvalue weighted by Crippen LogP contribution is 2.11.